The molecule has 0 saturated heterocycles. The Morgan fingerprint density at radius 3 is 2.40 bits per heavy atom. The van der Waals surface area contributed by atoms with Gasteiger partial charge in [0.15, 0.2) is 0 Å². The average Bonchev–Trinajstić information content (AvgIpc) is 2.46. The van der Waals surface area contributed by atoms with Gasteiger partial charge in [0.2, 0.25) is 11.8 Å². The van der Waals surface area contributed by atoms with Gasteiger partial charge in [-0.2, -0.15) is 0 Å². The average molecular weight is 277 g/mol. The summed E-state index contributed by atoms with van der Waals surface area (Å²) in [5.41, 5.74) is 7.89. The Bertz CT molecular complexity index is 457. The minimum Gasteiger partial charge on any atom is -0.358 e. The molecular weight excluding hydrogens is 254 g/mol. The van der Waals surface area contributed by atoms with Crippen LogP contribution in [0.25, 0.3) is 0 Å². The second-order valence-corrected chi connectivity index (χ2v) is 4.82. The third kappa shape index (κ3) is 4.35. The van der Waals surface area contributed by atoms with Gasteiger partial charge in [-0.25, -0.2) is 0 Å². The third-order valence-corrected chi connectivity index (χ3v) is 3.12. The van der Waals surface area contributed by atoms with Gasteiger partial charge in [-0.1, -0.05) is 36.8 Å². The fourth-order valence-corrected chi connectivity index (χ4v) is 1.90. The van der Waals surface area contributed by atoms with Crippen molar-refractivity contribution >= 4 is 11.8 Å². The van der Waals surface area contributed by atoms with Gasteiger partial charge in [-0.05, 0) is 18.9 Å². The first-order valence-electron chi connectivity index (χ1n) is 6.81. The summed E-state index contributed by atoms with van der Waals surface area (Å²) in [5, 5.41) is 2.52. The maximum Gasteiger partial charge on any atom is 0.244 e. The molecule has 20 heavy (non-hydrogen) atoms. The van der Waals surface area contributed by atoms with Crippen LogP contribution in [-0.4, -0.2) is 36.9 Å². The Hall–Kier alpha value is -1.88. The van der Waals surface area contributed by atoms with Crippen molar-refractivity contribution in [1.82, 2.24) is 10.2 Å². The summed E-state index contributed by atoms with van der Waals surface area (Å²) in [6.07, 6.45) is 0.781. The normalized spacial score (nSPS) is 11.8. The van der Waals surface area contributed by atoms with Crippen LogP contribution in [0.2, 0.25) is 0 Å². The van der Waals surface area contributed by atoms with E-state index in [4.69, 9.17) is 5.73 Å². The molecule has 2 amide bonds. The monoisotopic (exact) mass is 277 g/mol. The van der Waals surface area contributed by atoms with E-state index in [2.05, 4.69) is 5.32 Å². The number of amides is 2. The van der Waals surface area contributed by atoms with Crippen LogP contribution in [0.4, 0.5) is 0 Å². The number of nitrogens with zero attached hydrogens (tertiary/aromatic N) is 1. The Morgan fingerprint density at radius 2 is 1.90 bits per heavy atom. The zero-order chi connectivity index (χ0) is 15.1. The lowest BCUT2D eigenvalue weighted by Crippen LogP contribution is -2.44. The molecule has 5 heteroatoms. The van der Waals surface area contributed by atoms with Gasteiger partial charge in [0.05, 0.1) is 6.54 Å². The molecule has 0 saturated carbocycles. The molecule has 110 valence electrons. The number of hydrogen-bond acceptors (Lipinski definition) is 3. The van der Waals surface area contributed by atoms with E-state index in [0.717, 1.165) is 17.5 Å². The number of carbonyl (C=O) groups is 2. The molecule has 1 aromatic rings. The lowest BCUT2D eigenvalue weighted by molar-refractivity contribution is -0.137. The molecule has 0 fully saturated rings. The zero-order valence-electron chi connectivity index (χ0n) is 12.3. The molecule has 0 aliphatic carbocycles. The molecule has 0 spiro atoms. The lowest BCUT2D eigenvalue weighted by Gasteiger charge is -2.24. The SMILES string of the molecule is CCCN(CC(=O)NC)C(=O)C(N)c1ccc(C)cc1. The Kier molecular flexibility index (Phi) is 6.18. The molecule has 1 unspecified atom stereocenters. The molecular formula is C15H23N3O2. The first-order valence-corrected chi connectivity index (χ1v) is 6.81. The maximum atomic E-state index is 12.4. The fourth-order valence-electron chi connectivity index (χ4n) is 1.90. The zero-order valence-corrected chi connectivity index (χ0v) is 12.3. The standard InChI is InChI=1S/C15H23N3O2/c1-4-9-18(10-13(19)17-3)15(20)14(16)12-7-5-11(2)6-8-12/h5-8,14H,4,9-10,16H2,1-3H3,(H,17,19). The molecule has 0 aliphatic rings. The van der Waals surface area contributed by atoms with Gasteiger partial charge in [0.25, 0.3) is 0 Å². The Morgan fingerprint density at radius 1 is 1.30 bits per heavy atom. The second kappa shape index (κ2) is 7.65. The van der Waals surface area contributed by atoms with Crippen LogP contribution in [0.15, 0.2) is 24.3 Å². The lowest BCUT2D eigenvalue weighted by atomic mass is 10.0. The van der Waals surface area contributed by atoms with Gasteiger partial charge < -0.3 is 16.0 Å². The Balaban J connectivity index is 2.82. The highest BCUT2D eigenvalue weighted by Crippen LogP contribution is 2.14. The molecule has 5 nitrogen and oxygen atoms in total. The van der Waals surface area contributed by atoms with Crippen molar-refractivity contribution in [2.24, 2.45) is 5.73 Å². The smallest absolute Gasteiger partial charge is 0.244 e. The summed E-state index contributed by atoms with van der Waals surface area (Å²) in [6, 6.07) is 6.81. The highest BCUT2D eigenvalue weighted by molar-refractivity contribution is 5.88. The molecule has 0 aromatic heterocycles. The number of rotatable bonds is 6. The van der Waals surface area contributed by atoms with Crippen LogP contribution in [0.3, 0.4) is 0 Å². The molecule has 0 aliphatic heterocycles. The van der Waals surface area contributed by atoms with Crippen molar-refractivity contribution in [3.63, 3.8) is 0 Å². The van der Waals surface area contributed by atoms with Crippen molar-refractivity contribution < 1.29 is 9.59 Å². The number of nitrogens with two attached hydrogens (primary N) is 1. The number of carbonyl (C=O) groups excluding carboxylic acids is 2. The summed E-state index contributed by atoms with van der Waals surface area (Å²) < 4.78 is 0. The van der Waals surface area contributed by atoms with Gasteiger partial charge in [0.1, 0.15) is 6.04 Å². The van der Waals surface area contributed by atoms with Crippen LogP contribution in [-0.2, 0) is 9.59 Å². The van der Waals surface area contributed by atoms with E-state index in [9.17, 15) is 9.59 Å². The highest BCUT2D eigenvalue weighted by Gasteiger charge is 2.23. The van der Waals surface area contributed by atoms with Crippen LogP contribution in [0.5, 0.6) is 0 Å². The van der Waals surface area contributed by atoms with Crippen LogP contribution in [0.1, 0.15) is 30.5 Å². The molecule has 1 rings (SSSR count). The number of likely N-dealkylation sites (N-methyl/N-ethyl adjacent to an activating group) is 1. The predicted octanol–water partition coefficient (Wildman–Crippen LogP) is 0.979. The number of nitrogens with one attached hydrogen (secondary N) is 1. The van der Waals surface area contributed by atoms with Crippen molar-refractivity contribution in [2.45, 2.75) is 26.3 Å². The minimum atomic E-state index is -0.730. The van der Waals surface area contributed by atoms with Gasteiger partial charge in [-0.3, -0.25) is 9.59 Å². The number of benzene rings is 1. The first-order chi connectivity index (χ1) is 9.49. The van der Waals surface area contributed by atoms with Gasteiger partial charge in [0, 0.05) is 13.6 Å². The summed E-state index contributed by atoms with van der Waals surface area (Å²) in [4.78, 5) is 25.4. The highest BCUT2D eigenvalue weighted by atomic mass is 16.2. The van der Waals surface area contributed by atoms with Crippen molar-refractivity contribution in [1.29, 1.82) is 0 Å². The Labute approximate surface area is 120 Å². The van der Waals surface area contributed by atoms with E-state index in [0.29, 0.717) is 6.54 Å². The van der Waals surface area contributed by atoms with Crippen molar-refractivity contribution in [3.05, 3.63) is 35.4 Å². The van der Waals surface area contributed by atoms with E-state index >= 15 is 0 Å². The van der Waals surface area contributed by atoms with Gasteiger partial charge >= 0.3 is 0 Å². The van der Waals surface area contributed by atoms with E-state index < -0.39 is 6.04 Å². The summed E-state index contributed by atoms with van der Waals surface area (Å²) in [7, 11) is 1.55. The van der Waals surface area contributed by atoms with Gasteiger partial charge in [-0.15, -0.1) is 0 Å². The predicted molar refractivity (Wildman–Crippen MR) is 79.0 cm³/mol. The van der Waals surface area contributed by atoms with Crippen LogP contribution in [0, 0.1) is 6.92 Å². The molecule has 0 radical (unpaired) electrons. The van der Waals surface area contributed by atoms with E-state index in [-0.39, 0.29) is 18.4 Å². The molecule has 0 heterocycles. The van der Waals surface area contributed by atoms with Crippen LogP contribution < -0.4 is 11.1 Å². The van der Waals surface area contributed by atoms with E-state index in [1.807, 2.05) is 38.1 Å². The molecule has 1 aromatic carbocycles. The third-order valence-electron chi connectivity index (χ3n) is 3.12. The maximum absolute atomic E-state index is 12.4. The van der Waals surface area contributed by atoms with Crippen LogP contribution >= 0.6 is 0 Å². The van der Waals surface area contributed by atoms with E-state index in [1.54, 1.807) is 7.05 Å². The number of aryl methyl sites for hydroxylation is 1. The van der Waals surface area contributed by atoms with Crippen molar-refractivity contribution in [2.75, 3.05) is 20.1 Å². The molecule has 3 N–H and O–H groups in total. The summed E-state index contributed by atoms with van der Waals surface area (Å²) >= 11 is 0. The second-order valence-electron chi connectivity index (χ2n) is 4.82. The molecule has 1 atom stereocenters. The topological polar surface area (TPSA) is 75.4 Å². The quantitative estimate of drug-likeness (QED) is 0.814. The van der Waals surface area contributed by atoms with E-state index in [1.165, 1.54) is 4.90 Å². The fraction of sp³-hybridized carbons (Fsp3) is 0.467. The first kappa shape index (κ1) is 16.2. The molecule has 0 bridgehead atoms. The summed E-state index contributed by atoms with van der Waals surface area (Å²) in [6.45, 7) is 4.50. The number of hydrogen-bond donors (Lipinski definition) is 2. The summed E-state index contributed by atoms with van der Waals surface area (Å²) in [5.74, 6) is -0.415. The largest absolute Gasteiger partial charge is 0.358 e. The van der Waals surface area contributed by atoms with Crippen molar-refractivity contribution in [3.8, 4) is 0 Å². The minimum absolute atomic E-state index is 0.0444.